The molecule has 0 spiro atoms. The van der Waals surface area contributed by atoms with Gasteiger partial charge in [-0.3, -0.25) is 0 Å². The van der Waals surface area contributed by atoms with E-state index in [0.717, 1.165) is 0 Å². The van der Waals surface area contributed by atoms with Crippen LogP contribution in [0.2, 0.25) is 21.8 Å². The Morgan fingerprint density at radius 1 is 0.644 bits per heavy atom. The van der Waals surface area contributed by atoms with Gasteiger partial charge in [-0.05, 0) is 0 Å². The Labute approximate surface area is 281 Å². The number of unbranched alkanes of at least 4 members (excludes halogenated alkanes) is 1. The molecule has 0 saturated carbocycles. The quantitative estimate of drug-likeness (QED) is 0.133. The van der Waals surface area contributed by atoms with Crippen LogP contribution in [0.4, 0.5) is 0 Å². The molecule has 0 nitrogen and oxygen atoms in total. The van der Waals surface area contributed by atoms with Gasteiger partial charge in [0.2, 0.25) is 0 Å². The van der Waals surface area contributed by atoms with Crippen molar-refractivity contribution in [2.45, 2.75) is 86.3 Å². The monoisotopic (exact) mass is 774 g/mol. The first kappa shape index (κ1) is 32.3. The zero-order valence-corrected chi connectivity index (χ0v) is 32.9. The summed E-state index contributed by atoms with van der Waals surface area (Å²) in [7, 11) is -1.45. The molecule has 0 amide bonds. The zero-order valence-electron chi connectivity index (χ0n) is 28.3. The van der Waals surface area contributed by atoms with Crippen LogP contribution in [-0.4, -0.2) is 11.3 Å². The number of rotatable bonds is 11. The van der Waals surface area contributed by atoms with Crippen molar-refractivity contribution >= 4 is 16.5 Å². The summed E-state index contributed by atoms with van der Waals surface area (Å²) in [5.41, 5.74) is 13.2. The molecule has 0 aliphatic heterocycles. The van der Waals surface area contributed by atoms with Crippen LogP contribution in [0.5, 0.6) is 0 Å². The Kier molecular flexibility index (Phi) is 10.0. The number of hydrogen-bond acceptors (Lipinski definition) is 0. The third kappa shape index (κ3) is 6.22. The van der Waals surface area contributed by atoms with E-state index in [2.05, 4.69) is 151 Å². The molecule has 230 valence electrons. The van der Waals surface area contributed by atoms with Crippen LogP contribution in [-0.2, 0) is 27.4 Å². The third-order valence-electron chi connectivity index (χ3n) is 10.9. The first-order valence-electron chi connectivity index (χ1n) is 17.4. The van der Waals surface area contributed by atoms with Crippen molar-refractivity contribution in [3.05, 3.63) is 148 Å². The van der Waals surface area contributed by atoms with Crippen molar-refractivity contribution < 1.29 is 21.0 Å². The molecule has 0 N–H and O–H groups in total. The van der Waals surface area contributed by atoms with Gasteiger partial charge in [-0.15, -0.1) is 0 Å². The Hall–Kier alpha value is -2.68. The molecule has 45 heavy (non-hydrogen) atoms. The summed E-state index contributed by atoms with van der Waals surface area (Å²) in [5, 5.41) is 1.64. The molecule has 2 aliphatic carbocycles. The Balaban J connectivity index is 1.64. The van der Waals surface area contributed by atoms with Crippen LogP contribution in [0.1, 0.15) is 83.2 Å². The average Bonchev–Trinajstić information content (AvgIpc) is 3.71. The van der Waals surface area contributed by atoms with Crippen molar-refractivity contribution in [1.29, 1.82) is 0 Å². The second-order valence-electron chi connectivity index (χ2n) is 13.5. The van der Waals surface area contributed by atoms with Crippen LogP contribution >= 0.6 is 0 Å². The van der Waals surface area contributed by atoms with Gasteiger partial charge in [0.15, 0.2) is 0 Å². The van der Waals surface area contributed by atoms with Gasteiger partial charge < -0.3 is 0 Å². The SMILES string of the molecule is CCCCc1ccc([C](c2ccc([Si](CC)(CC)CC)cc2)=[Hf]([CH]2C=CC=C2)[CH]2c3cc(C)ccc3-c3ccc(C)cc32)cc1. The summed E-state index contributed by atoms with van der Waals surface area (Å²) in [6.45, 7) is 14.1. The summed E-state index contributed by atoms with van der Waals surface area (Å²) in [4.78, 5) is 0. The van der Waals surface area contributed by atoms with Crippen molar-refractivity contribution in [2.24, 2.45) is 0 Å². The van der Waals surface area contributed by atoms with Crippen molar-refractivity contribution in [2.75, 3.05) is 0 Å². The van der Waals surface area contributed by atoms with Crippen molar-refractivity contribution in [1.82, 2.24) is 0 Å². The van der Waals surface area contributed by atoms with E-state index < -0.39 is 29.0 Å². The van der Waals surface area contributed by atoms with E-state index >= 15 is 0 Å². The van der Waals surface area contributed by atoms with Gasteiger partial charge in [-0.2, -0.15) is 0 Å². The van der Waals surface area contributed by atoms with Crippen LogP contribution < -0.4 is 5.19 Å². The fourth-order valence-corrected chi connectivity index (χ4v) is 25.3. The predicted octanol–water partition coefficient (Wildman–Crippen LogP) is 11.2. The van der Waals surface area contributed by atoms with Gasteiger partial charge in [0.05, 0.1) is 0 Å². The molecule has 2 heteroatoms. The van der Waals surface area contributed by atoms with E-state index in [4.69, 9.17) is 0 Å². The molecular weight excluding hydrogens is 723 g/mol. The summed E-state index contributed by atoms with van der Waals surface area (Å²) >= 11 is -2.88. The van der Waals surface area contributed by atoms with Gasteiger partial charge >= 0.3 is 283 Å². The fraction of sp³-hybridized carbons (Fsp3) is 0.326. The zero-order chi connectivity index (χ0) is 31.6. The summed E-state index contributed by atoms with van der Waals surface area (Å²) in [5.74, 6) is 0. The van der Waals surface area contributed by atoms with E-state index in [1.165, 1.54) is 76.3 Å². The standard InChI is InChI=1S/C23H32Si.C15H13.C5H5.Hf/c1-5-9-10-20-11-13-21(14-12-20)19-22-15-17-23(18-16-22)24(6-2,7-3)8-4;1-10-3-5-14-12(7-10)9-13-8-11(2)4-6-15(13)14;1-2-4-5-3-1;/h11-18H,5-10H2,1-4H3;3-9H,1-2H3;1-5H;. The van der Waals surface area contributed by atoms with E-state index in [9.17, 15) is 0 Å². The maximum atomic E-state index is 2.54. The van der Waals surface area contributed by atoms with E-state index in [0.29, 0.717) is 7.35 Å². The molecule has 0 aromatic heterocycles. The molecule has 0 heterocycles. The molecule has 0 fully saturated rings. The maximum absolute atomic E-state index is 2.88. The number of hydrogen-bond donors (Lipinski definition) is 0. The molecule has 0 saturated heterocycles. The van der Waals surface area contributed by atoms with Crippen molar-refractivity contribution in [3.63, 3.8) is 0 Å². The molecular formula is C43H50HfSi. The normalized spacial score (nSPS) is 15.0. The van der Waals surface area contributed by atoms with Crippen LogP contribution in [0.3, 0.4) is 0 Å². The molecule has 4 aromatic carbocycles. The molecule has 0 atom stereocenters. The summed E-state index contributed by atoms with van der Waals surface area (Å²) in [6, 6.07) is 38.4. The predicted molar refractivity (Wildman–Crippen MR) is 197 cm³/mol. The summed E-state index contributed by atoms with van der Waals surface area (Å²) < 4.78 is 2.71. The van der Waals surface area contributed by atoms with Gasteiger partial charge in [0.25, 0.3) is 0 Å². The van der Waals surface area contributed by atoms with E-state index in [1.807, 2.05) is 0 Å². The van der Waals surface area contributed by atoms with Crippen LogP contribution in [0.25, 0.3) is 11.1 Å². The second kappa shape index (κ2) is 14.0. The Bertz CT molecular complexity index is 1680. The Morgan fingerprint density at radius 3 is 1.64 bits per heavy atom. The number of allylic oxidation sites excluding steroid dienone is 4. The molecule has 0 bridgehead atoms. The minimum atomic E-state index is -2.88. The molecule has 0 unspecified atom stereocenters. The minimum absolute atomic E-state index is 0.488. The fourth-order valence-electron chi connectivity index (χ4n) is 8.05. The topological polar surface area (TPSA) is 0 Å². The van der Waals surface area contributed by atoms with E-state index in [-0.39, 0.29) is 0 Å². The molecule has 6 rings (SSSR count). The number of aryl methyl sites for hydroxylation is 3. The average molecular weight is 773 g/mol. The van der Waals surface area contributed by atoms with Gasteiger partial charge in [0.1, 0.15) is 0 Å². The molecule has 4 aromatic rings. The number of benzene rings is 4. The number of fused-ring (bicyclic) bond motifs is 3. The third-order valence-corrected chi connectivity index (χ3v) is 29.1. The second-order valence-corrected chi connectivity index (χ2v) is 28.3. The molecule has 0 radical (unpaired) electrons. The first-order chi connectivity index (χ1) is 21.9. The van der Waals surface area contributed by atoms with Crippen molar-refractivity contribution in [3.8, 4) is 11.1 Å². The summed E-state index contributed by atoms with van der Waals surface area (Å²) in [6.07, 6.45) is 13.4. The van der Waals surface area contributed by atoms with Gasteiger partial charge in [0, 0.05) is 0 Å². The van der Waals surface area contributed by atoms with Crippen LogP contribution in [0, 0.1) is 13.8 Å². The first-order valence-corrected chi connectivity index (χ1v) is 26.0. The Morgan fingerprint density at radius 2 is 1.16 bits per heavy atom. The van der Waals surface area contributed by atoms with Gasteiger partial charge in [-0.25, -0.2) is 0 Å². The molecule has 2 aliphatic rings. The van der Waals surface area contributed by atoms with E-state index in [1.54, 1.807) is 19.6 Å². The van der Waals surface area contributed by atoms with Gasteiger partial charge in [-0.1, -0.05) is 0 Å². The van der Waals surface area contributed by atoms with Crippen LogP contribution in [0.15, 0.2) is 109 Å².